The molecule has 0 aliphatic carbocycles. The zero-order valence-corrected chi connectivity index (χ0v) is 11.8. The van der Waals surface area contributed by atoms with Crippen LogP contribution in [-0.4, -0.2) is 23.5 Å². The maximum Gasteiger partial charge on any atom is 0.328 e. The van der Waals surface area contributed by atoms with Crippen LogP contribution in [0.15, 0.2) is 18.2 Å². The van der Waals surface area contributed by atoms with Crippen molar-refractivity contribution in [3.05, 3.63) is 35.4 Å². The summed E-state index contributed by atoms with van der Waals surface area (Å²) in [6, 6.07) is 1.56. The van der Waals surface area contributed by atoms with Crippen molar-refractivity contribution in [3.8, 4) is 0 Å². The Bertz CT molecular complexity index is 524. The lowest BCUT2D eigenvalue weighted by molar-refractivity contribution is -0.156. The number of ether oxygens (including phenoxy) is 1. The van der Waals surface area contributed by atoms with Crippen molar-refractivity contribution in [2.45, 2.75) is 39.3 Å². The zero-order chi connectivity index (χ0) is 15.5. The third-order valence-electron chi connectivity index (χ3n) is 2.28. The molecule has 0 bridgehead atoms. The van der Waals surface area contributed by atoms with Crippen molar-refractivity contribution in [3.63, 3.8) is 0 Å². The molecule has 1 amide bonds. The maximum absolute atomic E-state index is 13.4. The predicted molar refractivity (Wildman–Crippen MR) is 69.1 cm³/mol. The summed E-state index contributed by atoms with van der Waals surface area (Å²) in [4.78, 5) is 23.4. The minimum absolute atomic E-state index is 0.458. The van der Waals surface area contributed by atoms with Crippen LogP contribution in [0.5, 0.6) is 0 Å². The molecule has 4 nitrogen and oxygen atoms in total. The Hall–Kier alpha value is -1.98. The molecule has 0 saturated carbocycles. The number of amides is 1. The molecule has 0 radical (unpaired) electrons. The van der Waals surface area contributed by atoms with Crippen molar-refractivity contribution < 1.29 is 23.1 Å². The van der Waals surface area contributed by atoms with Crippen molar-refractivity contribution in [2.24, 2.45) is 0 Å². The van der Waals surface area contributed by atoms with Gasteiger partial charge in [-0.15, -0.1) is 0 Å². The molecular weight excluding hydrogens is 268 g/mol. The lowest BCUT2D eigenvalue weighted by Crippen LogP contribution is -2.42. The summed E-state index contributed by atoms with van der Waals surface area (Å²) >= 11 is 0. The molecule has 0 fully saturated rings. The highest BCUT2D eigenvalue weighted by atomic mass is 19.1. The van der Waals surface area contributed by atoms with E-state index in [1.165, 1.54) is 6.92 Å². The first kappa shape index (κ1) is 16.1. The van der Waals surface area contributed by atoms with Gasteiger partial charge in [-0.1, -0.05) is 0 Å². The molecule has 0 saturated heterocycles. The van der Waals surface area contributed by atoms with E-state index in [1.807, 2.05) is 0 Å². The number of hydrogen-bond acceptors (Lipinski definition) is 3. The number of benzene rings is 1. The van der Waals surface area contributed by atoms with E-state index in [2.05, 4.69) is 5.32 Å². The molecule has 0 aliphatic rings. The van der Waals surface area contributed by atoms with Gasteiger partial charge < -0.3 is 10.1 Å². The second kappa shape index (κ2) is 5.98. The summed E-state index contributed by atoms with van der Waals surface area (Å²) in [5, 5.41) is 2.27. The molecule has 1 atom stereocenters. The monoisotopic (exact) mass is 285 g/mol. The van der Waals surface area contributed by atoms with Crippen LogP contribution in [0.4, 0.5) is 8.78 Å². The van der Waals surface area contributed by atoms with Gasteiger partial charge in [-0.05, 0) is 45.9 Å². The van der Waals surface area contributed by atoms with Gasteiger partial charge in [0.2, 0.25) is 0 Å². The van der Waals surface area contributed by atoms with E-state index in [0.29, 0.717) is 0 Å². The number of halogens is 2. The van der Waals surface area contributed by atoms with E-state index in [1.54, 1.807) is 20.8 Å². The van der Waals surface area contributed by atoms with E-state index >= 15 is 0 Å². The Kier molecular flexibility index (Phi) is 4.81. The fourth-order valence-electron chi connectivity index (χ4n) is 1.39. The number of esters is 1. The molecule has 0 heterocycles. The summed E-state index contributed by atoms with van der Waals surface area (Å²) < 4.78 is 31.5. The summed E-state index contributed by atoms with van der Waals surface area (Å²) in [5.41, 5.74) is -1.15. The third kappa shape index (κ3) is 4.60. The van der Waals surface area contributed by atoms with Gasteiger partial charge >= 0.3 is 5.97 Å². The topological polar surface area (TPSA) is 55.4 Å². The smallest absolute Gasteiger partial charge is 0.328 e. The third-order valence-corrected chi connectivity index (χ3v) is 2.28. The second-order valence-electron chi connectivity index (χ2n) is 5.35. The van der Waals surface area contributed by atoms with Gasteiger partial charge in [0.05, 0.1) is 5.56 Å². The summed E-state index contributed by atoms with van der Waals surface area (Å²) in [6.45, 7) is 6.46. The fourth-order valence-corrected chi connectivity index (χ4v) is 1.39. The molecular formula is C14H17F2NO3. The summed E-state index contributed by atoms with van der Waals surface area (Å²) in [7, 11) is 0. The number of carbonyl (C=O) groups excluding carboxylic acids is 2. The van der Waals surface area contributed by atoms with Crippen LogP contribution < -0.4 is 5.32 Å². The van der Waals surface area contributed by atoms with Crippen LogP contribution in [0.25, 0.3) is 0 Å². The lowest BCUT2D eigenvalue weighted by atomic mass is 10.1. The predicted octanol–water partition coefficient (Wildman–Crippen LogP) is 2.42. The van der Waals surface area contributed by atoms with Gasteiger partial charge in [0, 0.05) is 0 Å². The molecule has 1 N–H and O–H groups in total. The Morgan fingerprint density at radius 1 is 1.25 bits per heavy atom. The van der Waals surface area contributed by atoms with Gasteiger partial charge in [-0.25, -0.2) is 13.6 Å². The minimum atomic E-state index is -0.968. The van der Waals surface area contributed by atoms with E-state index in [0.717, 1.165) is 18.2 Å². The molecule has 0 aromatic heterocycles. The van der Waals surface area contributed by atoms with Crippen molar-refractivity contribution in [1.29, 1.82) is 0 Å². The Morgan fingerprint density at radius 2 is 1.85 bits per heavy atom. The van der Waals surface area contributed by atoms with Crippen LogP contribution in [0.3, 0.4) is 0 Å². The molecule has 0 aliphatic heterocycles. The summed E-state index contributed by atoms with van der Waals surface area (Å²) in [6.07, 6.45) is 0. The highest BCUT2D eigenvalue weighted by molar-refractivity contribution is 5.96. The van der Waals surface area contributed by atoms with Crippen molar-refractivity contribution >= 4 is 11.9 Å². The zero-order valence-electron chi connectivity index (χ0n) is 11.8. The second-order valence-corrected chi connectivity index (χ2v) is 5.35. The first-order chi connectivity index (χ1) is 9.10. The first-order valence-electron chi connectivity index (χ1n) is 6.09. The Balaban J connectivity index is 2.75. The number of hydrogen-bond donors (Lipinski definition) is 1. The van der Waals surface area contributed by atoms with Crippen LogP contribution in [-0.2, 0) is 9.53 Å². The van der Waals surface area contributed by atoms with E-state index in [9.17, 15) is 18.4 Å². The van der Waals surface area contributed by atoms with Crippen molar-refractivity contribution in [1.82, 2.24) is 5.32 Å². The van der Waals surface area contributed by atoms with Gasteiger partial charge in [-0.3, -0.25) is 4.79 Å². The van der Waals surface area contributed by atoms with Gasteiger partial charge in [0.15, 0.2) is 0 Å². The molecule has 1 aromatic carbocycles. The fraction of sp³-hybridized carbons (Fsp3) is 0.429. The number of carbonyl (C=O) groups is 2. The van der Waals surface area contributed by atoms with Crippen LogP contribution in [0, 0.1) is 11.6 Å². The van der Waals surface area contributed by atoms with Gasteiger partial charge in [0.1, 0.15) is 23.3 Å². The number of nitrogens with one attached hydrogen (secondary N) is 1. The van der Waals surface area contributed by atoms with E-state index in [4.69, 9.17) is 4.74 Å². The molecule has 0 spiro atoms. The molecule has 1 rings (SSSR count). The quantitative estimate of drug-likeness (QED) is 0.868. The molecule has 0 unspecified atom stereocenters. The van der Waals surface area contributed by atoms with Crippen LogP contribution in [0.1, 0.15) is 38.1 Å². The SMILES string of the molecule is C[C@@H](NC(=O)c1cc(F)ccc1F)C(=O)OC(C)(C)C. The van der Waals surface area contributed by atoms with Gasteiger partial charge in [-0.2, -0.15) is 0 Å². The van der Waals surface area contributed by atoms with E-state index < -0.39 is 40.7 Å². The van der Waals surface area contributed by atoms with Crippen molar-refractivity contribution in [2.75, 3.05) is 0 Å². The minimum Gasteiger partial charge on any atom is -0.458 e. The molecule has 20 heavy (non-hydrogen) atoms. The van der Waals surface area contributed by atoms with Crippen LogP contribution in [0.2, 0.25) is 0 Å². The molecule has 1 aromatic rings. The lowest BCUT2D eigenvalue weighted by Gasteiger charge is -2.22. The first-order valence-corrected chi connectivity index (χ1v) is 6.09. The Morgan fingerprint density at radius 3 is 2.40 bits per heavy atom. The molecule has 110 valence electrons. The maximum atomic E-state index is 13.4. The highest BCUT2D eigenvalue weighted by Crippen LogP contribution is 2.11. The number of rotatable bonds is 3. The van der Waals surface area contributed by atoms with E-state index in [-0.39, 0.29) is 0 Å². The summed E-state index contributed by atoms with van der Waals surface area (Å²) in [5.74, 6) is -3.12. The van der Waals surface area contributed by atoms with Gasteiger partial charge in [0.25, 0.3) is 5.91 Å². The average Bonchev–Trinajstić information content (AvgIpc) is 2.29. The average molecular weight is 285 g/mol. The largest absolute Gasteiger partial charge is 0.458 e. The standard InChI is InChI=1S/C14H17F2NO3/c1-8(13(19)20-14(2,3)4)17-12(18)10-7-9(15)5-6-11(10)16/h5-8H,1-4H3,(H,17,18)/t8-/m1/s1. The molecule has 6 heteroatoms. The van der Waals surface area contributed by atoms with Crippen LogP contribution >= 0.6 is 0 Å². The Labute approximate surface area is 116 Å². The highest BCUT2D eigenvalue weighted by Gasteiger charge is 2.24. The normalized spacial score (nSPS) is 12.7.